The lowest BCUT2D eigenvalue weighted by Crippen LogP contribution is -2.40. The van der Waals surface area contributed by atoms with E-state index in [9.17, 15) is 4.79 Å². The van der Waals surface area contributed by atoms with Crippen molar-refractivity contribution >= 4 is 23.5 Å². The van der Waals surface area contributed by atoms with Crippen LogP contribution in [-0.4, -0.2) is 63.9 Å². The Balaban J connectivity index is 1.56. The topological polar surface area (TPSA) is 85.1 Å². The number of pyridine rings is 1. The second-order valence-corrected chi connectivity index (χ2v) is 9.98. The number of imidazole rings is 1. The smallest absolute Gasteiger partial charge is 0.416 e. The fourth-order valence-corrected chi connectivity index (χ4v) is 4.59. The Bertz CT molecular complexity index is 1220. The number of aromatic nitrogens is 4. The molecule has 5 rings (SSSR count). The molecule has 0 unspecified atom stereocenters. The number of nitrogens with zero attached hydrogens (tertiary/aromatic N) is 6. The number of hydrogen-bond acceptors (Lipinski definition) is 7. The number of ether oxygens (including phenoxy) is 2. The van der Waals surface area contributed by atoms with Crippen LogP contribution in [0.3, 0.4) is 0 Å². The zero-order valence-corrected chi connectivity index (χ0v) is 20.6. The number of aryl methyl sites for hydroxylation is 2. The van der Waals surface area contributed by atoms with Crippen LogP contribution in [0.1, 0.15) is 44.0 Å². The first-order valence-corrected chi connectivity index (χ1v) is 11.9. The highest BCUT2D eigenvalue weighted by Gasteiger charge is 2.32. The van der Waals surface area contributed by atoms with Gasteiger partial charge in [-0.05, 0) is 58.6 Å². The number of hydrogen-bond donors (Lipinski definition) is 0. The van der Waals surface area contributed by atoms with Gasteiger partial charge < -0.3 is 14.4 Å². The maximum absolute atomic E-state index is 13.0. The van der Waals surface area contributed by atoms with Crippen LogP contribution in [0, 0.1) is 13.8 Å². The number of amides is 1. The molecule has 180 valence electrons. The van der Waals surface area contributed by atoms with E-state index in [4.69, 9.17) is 14.5 Å². The summed E-state index contributed by atoms with van der Waals surface area (Å²) in [4.78, 5) is 31.1. The molecule has 3 aromatic rings. The van der Waals surface area contributed by atoms with Crippen LogP contribution < -0.4 is 9.80 Å². The summed E-state index contributed by atoms with van der Waals surface area (Å²) in [5, 5.41) is 0. The van der Waals surface area contributed by atoms with E-state index in [1.54, 1.807) is 4.90 Å². The zero-order valence-electron chi connectivity index (χ0n) is 20.6. The fourth-order valence-electron chi connectivity index (χ4n) is 4.59. The molecule has 2 aliphatic heterocycles. The summed E-state index contributed by atoms with van der Waals surface area (Å²) in [5.74, 6) is 1.52. The summed E-state index contributed by atoms with van der Waals surface area (Å²) in [6.45, 7) is 13.4. The van der Waals surface area contributed by atoms with Crippen molar-refractivity contribution in [1.29, 1.82) is 0 Å². The Morgan fingerprint density at radius 1 is 1.06 bits per heavy atom. The normalized spacial score (nSPS) is 16.6. The highest BCUT2D eigenvalue weighted by Crippen LogP contribution is 2.35. The zero-order chi connectivity index (χ0) is 24.0. The molecule has 3 aromatic heterocycles. The van der Waals surface area contributed by atoms with E-state index in [0.717, 1.165) is 71.3 Å². The molecule has 1 amide bonds. The molecule has 34 heavy (non-hydrogen) atoms. The molecular weight excluding hydrogens is 432 g/mol. The summed E-state index contributed by atoms with van der Waals surface area (Å²) in [7, 11) is 0. The van der Waals surface area contributed by atoms with Crippen LogP contribution in [0.5, 0.6) is 0 Å². The van der Waals surface area contributed by atoms with Gasteiger partial charge in [0.25, 0.3) is 0 Å². The molecule has 2 aliphatic rings. The van der Waals surface area contributed by atoms with Crippen LogP contribution in [-0.2, 0) is 15.9 Å². The van der Waals surface area contributed by atoms with Crippen LogP contribution in [0.25, 0.3) is 16.8 Å². The minimum absolute atomic E-state index is 0.340. The minimum atomic E-state index is -0.563. The van der Waals surface area contributed by atoms with Gasteiger partial charge in [-0.25, -0.2) is 19.7 Å². The van der Waals surface area contributed by atoms with Crippen LogP contribution >= 0.6 is 0 Å². The van der Waals surface area contributed by atoms with Gasteiger partial charge in [0.15, 0.2) is 0 Å². The summed E-state index contributed by atoms with van der Waals surface area (Å²) < 4.78 is 13.2. The highest BCUT2D eigenvalue weighted by atomic mass is 16.6. The number of fused-ring (bicyclic) bond motifs is 3. The summed E-state index contributed by atoms with van der Waals surface area (Å²) in [5.41, 5.74) is 5.39. The largest absolute Gasteiger partial charge is 0.443 e. The third kappa shape index (κ3) is 4.09. The molecule has 1 saturated heterocycles. The number of anilines is 2. The lowest BCUT2D eigenvalue weighted by Gasteiger charge is -2.30. The van der Waals surface area contributed by atoms with Crippen molar-refractivity contribution in [1.82, 2.24) is 19.4 Å². The second kappa shape index (κ2) is 8.54. The highest BCUT2D eigenvalue weighted by molar-refractivity contribution is 5.89. The first kappa shape index (κ1) is 22.6. The third-order valence-corrected chi connectivity index (χ3v) is 6.42. The minimum Gasteiger partial charge on any atom is -0.443 e. The van der Waals surface area contributed by atoms with Crippen molar-refractivity contribution in [3.8, 4) is 11.1 Å². The fraction of sp³-hybridized carbons (Fsp3) is 0.520. The Labute approximate surface area is 199 Å². The molecule has 0 saturated carbocycles. The molecule has 0 radical (unpaired) electrons. The average Bonchev–Trinajstić information content (AvgIpc) is 3.20. The number of morpholine rings is 1. The molecule has 0 bridgehead atoms. The Kier molecular flexibility index (Phi) is 5.67. The molecule has 1 fully saturated rings. The quantitative estimate of drug-likeness (QED) is 0.568. The van der Waals surface area contributed by atoms with Gasteiger partial charge in [0.2, 0.25) is 5.95 Å². The van der Waals surface area contributed by atoms with Crippen molar-refractivity contribution in [2.75, 3.05) is 42.6 Å². The lowest BCUT2D eigenvalue weighted by molar-refractivity contribution is 0.0576. The molecule has 9 heteroatoms. The van der Waals surface area contributed by atoms with Gasteiger partial charge in [0.05, 0.1) is 18.9 Å². The Hall–Kier alpha value is -3.20. The molecule has 0 N–H and O–H groups in total. The van der Waals surface area contributed by atoms with Crippen molar-refractivity contribution in [2.45, 2.75) is 53.1 Å². The second-order valence-electron chi connectivity index (χ2n) is 9.98. The van der Waals surface area contributed by atoms with E-state index < -0.39 is 5.60 Å². The van der Waals surface area contributed by atoms with Crippen molar-refractivity contribution < 1.29 is 14.3 Å². The van der Waals surface area contributed by atoms with E-state index in [1.807, 2.05) is 37.6 Å². The molecule has 0 aromatic carbocycles. The van der Waals surface area contributed by atoms with Gasteiger partial charge in [0.1, 0.15) is 17.1 Å². The van der Waals surface area contributed by atoms with E-state index in [1.165, 1.54) is 0 Å². The van der Waals surface area contributed by atoms with E-state index in [0.29, 0.717) is 19.8 Å². The van der Waals surface area contributed by atoms with Crippen LogP contribution in [0.2, 0.25) is 0 Å². The Morgan fingerprint density at radius 2 is 1.76 bits per heavy atom. The standard InChI is InChI=1S/C25H32N6O3/c1-16-17(2)21-28-20-7-6-8-30(24(32)34-25(3,4)5)22(20)31(21)15-19(16)18-13-26-23(27-14-18)29-9-11-33-12-10-29/h13-15H,6-12H2,1-5H3. The predicted molar refractivity (Wildman–Crippen MR) is 131 cm³/mol. The van der Waals surface area contributed by atoms with Crippen LogP contribution in [0.4, 0.5) is 16.6 Å². The van der Waals surface area contributed by atoms with Gasteiger partial charge in [0, 0.05) is 49.4 Å². The van der Waals surface area contributed by atoms with Gasteiger partial charge in [-0.1, -0.05) is 0 Å². The van der Waals surface area contributed by atoms with E-state index in [2.05, 4.69) is 34.9 Å². The molecule has 0 atom stereocenters. The number of rotatable bonds is 2. The van der Waals surface area contributed by atoms with Gasteiger partial charge >= 0.3 is 6.09 Å². The van der Waals surface area contributed by atoms with Crippen molar-refractivity contribution in [3.63, 3.8) is 0 Å². The maximum Gasteiger partial charge on any atom is 0.416 e. The number of carbonyl (C=O) groups excluding carboxylic acids is 1. The van der Waals surface area contributed by atoms with Gasteiger partial charge in [-0.15, -0.1) is 0 Å². The predicted octanol–water partition coefficient (Wildman–Crippen LogP) is 3.93. The third-order valence-electron chi connectivity index (χ3n) is 6.42. The molecule has 5 heterocycles. The van der Waals surface area contributed by atoms with Crippen LogP contribution in [0.15, 0.2) is 18.6 Å². The van der Waals surface area contributed by atoms with Gasteiger partial charge in [-0.3, -0.25) is 9.30 Å². The first-order valence-electron chi connectivity index (χ1n) is 11.9. The van der Waals surface area contributed by atoms with E-state index >= 15 is 0 Å². The molecule has 0 aliphatic carbocycles. The summed E-state index contributed by atoms with van der Waals surface area (Å²) in [6.07, 6.45) is 7.16. The Morgan fingerprint density at radius 3 is 2.44 bits per heavy atom. The first-order chi connectivity index (χ1) is 16.2. The lowest BCUT2D eigenvalue weighted by atomic mass is 10.0. The summed E-state index contributed by atoms with van der Waals surface area (Å²) >= 11 is 0. The molecule has 9 nitrogen and oxygen atoms in total. The molecule has 0 spiro atoms. The SMILES string of the molecule is Cc1c(-c2cnc(N3CCOCC3)nc2)cn2c3c(nc2c1C)CCCN3C(=O)OC(C)(C)C. The van der Waals surface area contributed by atoms with Crippen molar-refractivity contribution in [2.24, 2.45) is 0 Å². The number of carbonyl (C=O) groups is 1. The van der Waals surface area contributed by atoms with E-state index in [-0.39, 0.29) is 6.09 Å². The molecular formula is C25H32N6O3. The average molecular weight is 465 g/mol. The maximum atomic E-state index is 13.0. The summed E-state index contributed by atoms with van der Waals surface area (Å²) in [6, 6.07) is 0. The van der Waals surface area contributed by atoms with Crippen molar-refractivity contribution in [3.05, 3.63) is 35.4 Å². The monoisotopic (exact) mass is 464 g/mol. The van der Waals surface area contributed by atoms with Gasteiger partial charge in [-0.2, -0.15) is 0 Å².